The van der Waals surface area contributed by atoms with Crippen molar-refractivity contribution in [2.75, 3.05) is 13.1 Å². The minimum absolute atomic E-state index is 0.0616. The Morgan fingerprint density at radius 1 is 1.55 bits per heavy atom. The van der Waals surface area contributed by atoms with E-state index < -0.39 is 4.92 Å². The van der Waals surface area contributed by atoms with Gasteiger partial charge >= 0.3 is 0 Å². The highest BCUT2D eigenvalue weighted by atomic mass is 16.6. The Kier molecular flexibility index (Phi) is 4.54. The van der Waals surface area contributed by atoms with Crippen molar-refractivity contribution in [3.63, 3.8) is 0 Å². The summed E-state index contributed by atoms with van der Waals surface area (Å²) in [5, 5.41) is 10.6. The van der Waals surface area contributed by atoms with E-state index in [1.54, 1.807) is 0 Å². The number of aromatic nitrogens is 1. The van der Waals surface area contributed by atoms with Gasteiger partial charge in [0.25, 0.3) is 5.69 Å². The van der Waals surface area contributed by atoms with E-state index in [2.05, 4.69) is 23.7 Å². The number of rotatable bonds is 8. The van der Waals surface area contributed by atoms with Crippen LogP contribution in [0.4, 0.5) is 5.69 Å². The summed E-state index contributed by atoms with van der Waals surface area (Å²) in [6, 6.07) is 1.83. The van der Waals surface area contributed by atoms with E-state index in [4.69, 9.17) is 0 Å². The van der Waals surface area contributed by atoms with Gasteiger partial charge in [0, 0.05) is 12.1 Å². The Hall–Kier alpha value is -1.69. The Balaban J connectivity index is 1.94. The van der Waals surface area contributed by atoms with Crippen molar-refractivity contribution in [1.82, 2.24) is 9.88 Å². The number of aromatic amines is 1. The van der Waals surface area contributed by atoms with Crippen molar-refractivity contribution in [3.8, 4) is 0 Å². The molecule has 0 saturated heterocycles. The molecule has 0 bridgehead atoms. The van der Waals surface area contributed by atoms with Gasteiger partial charge in [0.05, 0.1) is 23.4 Å². The van der Waals surface area contributed by atoms with Gasteiger partial charge in [-0.1, -0.05) is 13.8 Å². The second-order valence-electron chi connectivity index (χ2n) is 5.84. The summed E-state index contributed by atoms with van der Waals surface area (Å²) in [5.41, 5.74) is 0.264. The molecule has 1 fully saturated rings. The molecule has 0 amide bonds. The van der Waals surface area contributed by atoms with E-state index in [1.807, 2.05) is 0 Å². The molecule has 0 radical (unpaired) electrons. The number of nitrogens with one attached hydrogen (secondary N) is 1. The van der Waals surface area contributed by atoms with E-state index >= 15 is 0 Å². The zero-order valence-electron chi connectivity index (χ0n) is 12.0. The molecule has 0 unspecified atom stereocenters. The SMILES string of the molecule is CC(C)CCN(CC(=O)c1cc([N+](=O)[O-])c[nH]1)C1CC1. The molecule has 1 heterocycles. The molecule has 1 N–H and O–H groups in total. The van der Waals surface area contributed by atoms with E-state index in [9.17, 15) is 14.9 Å². The van der Waals surface area contributed by atoms with Crippen molar-refractivity contribution in [2.45, 2.75) is 39.2 Å². The van der Waals surface area contributed by atoms with Gasteiger partial charge in [-0.25, -0.2) is 0 Å². The second-order valence-corrected chi connectivity index (χ2v) is 5.84. The van der Waals surface area contributed by atoms with Crippen LogP contribution in [0, 0.1) is 16.0 Å². The van der Waals surface area contributed by atoms with Crippen molar-refractivity contribution in [3.05, 3.63) is 28.1 Å². The maximum Gasteiger partial charge on any atom is 0.287 e. The van der Waals surface area contributed by atoms with Gasteiger partial charge in [0.2, 0.25) is 0 Å². The molecule has 6 heteroatoms. The molecule has 1 aromatic heterocycles. The topological polar surface area (TPSA) is 79.2 Å². The number of Topliss-reactive ketones (excluding diaryl/α,β-unsaturated/α-hetero) is 1. The van der Waals surface area contributed by atoms with Gasteiger partial charge in [-0.15, -0.1) is 0 Å². The number of hydrogen-bond acceptors (Lipinski definition) is 4. The second kappa shape index (κ2) is 6.17. The van der Waals surface area contributed by atoms with Gasteiger partial charge in [-0.2, -0.15) is 0 Å². The number of H-pyrrole nitrogens is 1. The minimum atomic E-state index is -0.495. The lowest BCUT2D eigenvalue weighted by Gasteiger charge is -2.21. The van der Waals surface area contributed by atoms with Crippen LogP contribution in [0.15, 0.2) is 12.3 Å². The summed E-state index contributed by atoms with van der Waals surface area (Å²) >= 11 is 0. The monoisotopic (exact) mass is 279 g/mol. The van der Waals surface area contributed by atoms with Crippen LogP contribution in [0.5, 0.6) is 0 Å². The molecule has 1 aromatic rings. The molecule has 0 aromatic carbocycles. The summed E-state index contributed by atoms with van der Waals surface area (Å²) in [6.07, 6.45) is 4.63. The predicted octanol–water partition coefficient (Wildman–Crippen LogP) is 2.62. The first kappa shape index (κ1) is 14.7. The molecule has 110 valence electrons. The molecule has 20 heavy (non-hydrogen) atoms. The lowest BCUT2D eigenvalue weighted by molar-refractivity contribution is -0.384. The average molecular weight is 279 g/mol. The summed E-state index contributed by atoms with van der Waals surface area (Å²) in [7, 11) is 0. The minimum Gasteiger partial charge on any atom is -0.353 e. The van der Waals surface area contributed by atoms with Gasteiger partial charge in [0.1, 0.15) is 0 Å². The molecular formula is C14H21N3O3. The van der Waals surface area contributed by atoms with Crippen LogP contribution in [0.25, 0.3) is 0 Å². The molecule has 6 nitrogen and oxygen atoms in total. The highest BCUT2D eigenvalue weighted by Crippen LogP contribution is 2.27. The highest BCUT2D eigenvalue weighted by molar-refractivity contribution is 5.96. The lowest BCUT2D eigenvalue weighted by atomic mass is 10.1. The number of nitro groups is 1. The van der Waals surface area contributed by atoms with Crippen molar-refractivity contribution >= 4 is 11.5 Å². The van der Waals surface area contributed by atoms with Crippen LogP contribution in [-0.4, -0.2) is 39.7 Å². The predicted molar refractivity (Wildman–Crippen MR) is 75.8 cm³/mol. The maximum absolute atomic E-state index is 12.2. The van der Waals surface area contributed by atoms with Gasteiger partial charge in [-0.3, -0.25) is 19.8 Å². The van der Waals surface area contributed by atoms with Gasteiger partial charge in [0.15, 0.2) is 5.78 Å². The smallest absolute Gasteiger partial charge is 0.287 e. The fraction of sp³-hybridized carbons (Fsp3) is 0.643. The number of hydrogen-bond donors (Lipinski definition) is 1. The normalized spacial score (nSPS) is 15.0. The number of ketones is 1. The van der Waals surface area contributed by atoms with Crippen molar-refractivity contribution in [1.29, 1.82) is 0 Å². The zero-order chi connectivity index (χ0) is 14.7. The third-order valence-corrected chi connectivity index (χ3v) is 3.58. The molecule has 1 saturated carbocycles. The summed E-state index contributed by atoms with van der Waals surface area (Å²) in [4.78, 5) is 27.2. The summed E-state index contributed by atoms with van der Waals surface area (Å²) in [6.45, 7) is 5.59. The number of carbonyl (C=O) groups is 1. The first-order chi connectivity index (χ1) is 9.47. The van der Waals surface area contributed by atoms with Crippen LogP contribution in [0.2, 0.25) is 0 Å². The van der Waals surface area contributed by atoms with Crippen LogP contribution in [0.1, 0.15) is 43.6 Å². The third kappa shape index (κ3) is 3.90. The molecule has 1 aliphatic rings. The summed E-state index contributed by atoms with van der Waals surface area (Å²) in [5.74, 6) is 0.534. The zero-order valence-corrected chi connectivity index (χ0v) is 12.0. The van der Waals surface area contributed by atoms with E-state index in [1.165, 1.54) is 12.3 Å². The molecule has 1 aliphatic carbocycles. The van der Waals surface area contributed by atoms with Gasteiger partial charge in [-0.05, 0) is 31.7 Å². The van der Waals surface area contributed by atoms with E-state index in [-0.39, 0.29) is 11.5 Å². The van der Waals surface area contributed by atoms with Crippen molar-refractivity contribution in [2.24, 2.45) is 5.92 Å². The van der Waals surface area contributed by atoms with Gasteiger partial charge < -0.3 is 4.98 Å². The Morgan fingerprint density at radius 2 is 2.25 bits per heavy atom. The maximum atomic E-state index is 12.2. The van der Waals surface area contributed by atoms with Crippen LogP contribution in [-0.2, 0) is 0 Å². The first-order valence-corrected chi connectivity index (χ1v) is 7.07. The largest absolute Gasteiger partial charge is 0.353 e. The average Bonchev–Trinajstić information content (AvgIpc) is 3.09. The fourth-order valence-electron chi connectivity index (χ4n) is 2.17. The molecule has 2 rings (SSSR count). The molecule has 0 atom stereocenters. The van der Waals surface area contributed by atoms with Crippen molar-refractivity contribution < 1.29 is 9.72 Å². The molecule has 0 spiro atoms. The molecule has 0 aliphatic heterocycles. The first-order valence-electron chi connectivity index (χ1n) is 7.07. The Bertz CT molecular complexity index is 492. The third-order valence-electron chi connectivity index (χ3n) is 3.58. The highest BCUT2D eigenvalue weighted by Gasteiger charge is 2.30. The Morgan fingerprint density at radius 3 is 2.75 bits per heavy atom. The number of carbonyl (C=O) groups excluding carboxylic acids is 1. The lowest BCUT2D eigenvalue weighted by Crippen LogP contribution is -2.33. The standard InChI is InChI=1S/C14H21N3O3/c1-10(2)5-6-16(11-3-4-11)9-14(18)13-7-12(8-15-13)17(19)20/h7-8,10-11,15H,3-6,9H2,1-2H3. The fourth-order valence-corrected chi connectivity index (χ4v) is 2.17. The van der Waals surface area contributed by atoms with Crippen LogP contribution < -0.4 is 0 Å². The number of nitrogens with zero attached hydrogens (tertiary/aromatic N) is 2. The summed E-state index contributed by atoms with van der Waals surface area (Å²) < 4.78 is 0. The van der Waals surface area contributed by atoms with Crippen LogP contribution in [0.3, 0.4) is 0 Å². The van der Waals surface area contributed by atoms with E-state index in [0.29, 0.717) is 24.2 Å². The Labute approximate surface area is 118 Å². The van der Waals surface area contributed by atoms with Crippen LogP contribution >= 0.6 is 0 Å². The van der Waals surface area contributed by atoms with E-state index in [0.717, 1.165) is 25.8 Å². The quantitative estimate of drug-likeness (QED) is 0.450. The molecular weight excluding hydrogens is 258 g/mol.